The van der Waals surface area contributed by atoms with E-state index in [4.69, 9.17) is 26.8 Å². The van der Waals surface area contributed by atoms with Crippen molar-refractivity contribution in [2.24, 2.45) is 5.73 Å². The van der Waals surface area contributed by atoms with Gasteiger partial charge in [0.15, 0.2) is 11.5 Å². The summed E-state index contributed by atoms with van der Waals surface area (Å²) in [5, 5.41) is 10.2. The van der Waals surface area contributed by atoms with Crippen LogP contribution in [0.25, 0.3) is 0 Å². The van der Waals surface area contributed by atoms with E-state index in [9.17, 15) is 5.11 Å². The lowest BCUT2D eigenvalue weighted by Gasteiger charge is -2.17. The summed E-state index contributed by atoms with van der Waals surface area (Å²) < 4.78 is 10.3. The summed E-state index contributed by atoms with van der Waals surface area (Å²) in [7, 11) is 3.03. The largest absolute Gasteiger partial charge is 0.493 e. The number of rotatable bonds is 4. The molecule has 0 amide bonds. The first-order valence-corrected chi connectivity index (χ1v) is 5.23. The molecule has 0 aromatic heterocycles. The van der Waals surface area contributed by atoms with E-state index < -0.39 is 6.10 Å². The minimum Gasteiger partial charge on any atom is -0.493 e. The average molecular weight is 246 g/mol. The Morgan fingerprint density at radius 1 is 1.44 bits per heavy atom. The topological polar surface area (TPSA) is 64.7 Å². The van der Waals surface area contributed by atoms with Crippen molar-refractivity contribution in [2.75, 3.05) is 20.8 Å². The van der Waals surface area contributed by atoms with Gasteiger partial charge in [-0.15, -0.1) is 0 Å². The number of methoxy groups -OCH3 is 2. The quantitative estimate of drug-likeness (QED) is 0.847. The Labute approximate surface area is 99.9 Å². The molecule has 0 aliphatic rings. The number of hydrogen-bond donors (Lipinski definition) is 2. The van der Waals surface area contributed by atoms with E-state index in [-0.39, 0.29) is 6.54 Å². The fourth-order valence-corrected chi connectivity index (χ4v) is 1.81. The van der Waals surface area contributed by atoms with Crippen LogP contribution < -0.4 is 15.2 Å². The van der Waals surface area contributed by atoms with Crippen LogP contribution in [0.2, 0.25) is 5.02 Å². The molecule has 0 spiro atoms. The van der Waals surface area contributed by atoms with Crippen molar-refractivity contribution in [1.82, 2.24) is 0 Å². The number of nitrogens with two attached hydrogens (primary N) is 1. The fourth-order valence-electron chi connectivity index (χ4n) is 1.54. The van der Waals surface area contributed by atoms with Crippen LogP contribution in [-0.2, 0) is 0 Å². The molecule has 90 valence electrons. The first-order valence-electron chi connectivity index (χ1n) is 4.85. The minimum atomic E-state index is -0.752. The number of hydrogen-bond acceptors (Lipinski definition) is 4. The Hall–Kier alpha value is -0.970. The van der Waals surface area contributed by atoms with Gasteiger partial charge in [-0.05, 0) is 24.1 Å². The van der Waals surface area contributed by atoms with Crippen molar-refractivity contribution in [2.45, 2.75) is 13.0 Å². The Balaban J connectivity index is 3.38. The lowest BCUT2D eigenvalue weighted by molar-refractivity contribution is 0.185. The SMILES string of the molecule is COc1cc(C(O)CN)c(C)c(Cl)c1OC. The molecule has 0 saturated carbocycles. The Kier molecular flexibility index (Phi) is 4.41. The van der Waals surface area contributed by atoms with Crippen molar-refractivity contribution in [3.63, 3.8) is 0 Å². The Bertz CT molecular complexity index is 382. The standard InChI is InChI=1S/C11H16ClNO3/c1-6-7(8(14)5-13)4-9(15-2)11(16-3)10(6)12/h4,8,14H,5,13H2,1-3H3. The van der Waals surface area contributed by atoms with Gasteiger partial charge in [-0.1, -0.05) is 11.6 Å². The van der Waals surface area contributed by atoms with Gasteiger partial charge < -0.3 is 20.3 Å². The first-order chi connectivity index (χ1) is 7.56. The number of halogens is 1. The molecule has 0 aliphatic heterocycles. The number of aliphatic hydroxyl groups is 1. The van der Waals surface area contributed by atoms with Gasteiger partial charge in [-0.3, -0.25) is 0 Å². The highest BCUT2D eigenvalue weighted by Gasteiger charge is 2.18. The van der Waals surface area contributed by atoms with Gasteiger partial charge in [0.2, 0.25) is 0 Å². The number of ether oxygens (including phenoxy) is 2. The molecule has 1 rings (SSSR count). The molecule has 1 aromatic carbocycles. The normalized spacial score (nSPS) is 12.4. The molecule has 0 heterocycles. The third-order valence-corrected chi connectivity index (χ3v) is 2.93. The highest BCUT2D eigenvalue weighted by Crippen LogP contribution is 2.40. The molecule has 3 N–H and O–H groups in total. The molecule has 4 nitrogen and oxygen atoms in total. The predicted octanol–water partition coefficient (Wildman–Crippen LogP) is 1.66. The van der Waals surface area contributed by atoms with Crippen molar-refractivity contribution in [1.29, 1.82) is 0 Å². The van der Waals surface area contributed by atoms with Crippen LogP contribution in [0.5, 0.6) is 11.5 Å². The van der Waals surface area contributed by atoms with Crippen molar-refractivity contribution in [3.05, 3.63) is 22.2 Å². The molecule has 1 unspecified atom stereocenters. The Morgan fingerprint density at radius 2 is 2.06 bits per heavy atom. The molecule has 5 heteroatoms. The lowest BCUT2D eigenvalue weighted by Crippen LogP contribution is -2.13. The molecule has 1 aromatic rings. The summed E-state index contributed by atoms with van der Waals surface area (Å²) in [6, 6.07) is 1.69. The van der Waals surface area contributed by atoms with E-state index in [0.29, 0.717) is 22.1 Å². The van der Waals surface area contributed by atoms with Crippen LogP contribution in [0.4, 0.5) is 0 Å². The van der Waals surface area contributed by atoms with E-state index in [1.54, 1.807) is 13.0 Å². The van der Waals surface area contributed by atoms with Crippen LogP contribution in [-0.4, -0.2) is 25.9 Å². The lowest BCUT2D eigenvalue weighted by atomic mass is 10.0. The second-order valence-corrected chi connectivity index (χ2v) is 3.77. The summed E-state index contributed by atoms with van der Waals surface area (Å²) in [6.07, 6.45) is -0.752. The summed E-state index contributed by atoms with van der Waals surface area (Å²) in [5.74, 6) is 0.954. The zero-order valence-electron chi connectivity index (χ0n) is 9.58. The highest BCUT2D eigenvalue weighted by molar-refractivity contribution is 6.33. The van der Waals surface area contributed by atoms with Gasteiger partial charge >= 0.3 is 0 Å². The molecule has 0 bridgehead atoms. The molecule has 0 radical (unpaired) electrons. The van der Waals surface area contributed by atoms with E-state index in [0.717, 1.165) is 5.56 Å². The van der Waals surface area contributed by atoms with Gasteiger partial charge in [-0.2, -0.15) is 0 Å². The second-order valence-electron chi connectivity index (χ2n) is 3.39. The van der Waals surface area contributed by atoms with E-state index in [1.807, 2.05) is 0 Å². The minimum absolute atomic E-state index is 0.132. The third kappa shape index (κ3) is 2.24. The Morgan fingerprint density at radius 3 is 2.50 bits per heavy atom. The molecule has 1 atom stereocenters. The number of benzene rings is 1. The zero-order valence-corrected chi connectivity index (χ0v) is 10.3. The van der Waals surface area contributed by atoms with Crippen LogP contribution in [0.1, 0.15) is 17.2 Å². The first kappa shape index (κ1) is 13.1. The predicted molar refractivity (Wildman–Crippen MR) is 63.3 cm³/mol. The molecule has 0 aliphatic carbocycles. The van der Waals surface area contributed by atoms with Crippen LogP contribution in [0.15, 0.2) is 6.07 Å². The molecule has 0 saturated heterocycles. The van der Waals surface area contributed by atoms with Crippen LogP contribution >= 0.6 is 11.6 Å². The summed E-state index contributed by atoms with van der Waals surface area (Å²) in [5.41, 5.74) is 6.82. The maximum absolute atomic E-state index is 9.74. The van der Waals surface area contributed by atoms with Crippen molar-refractivity contribution >= 4 is 11.6 Å². The van der Waals surface area contributed by atoms with Gasteiger partial charge in [0, 0.05) is 6.54 Å². The monoisotopic (exact) mass is 245 g/mol. The third-order valence-electron chi connectivity index (χ3n) is 2.48. The summed E-state index contributed by atoms with van der Waals surface area (Å²) in [6.45, 7) is 1.94. The van der Waals surface area contributed by atoms with Crippen molar-refractivity contribution < 1.29 is 14.6 Å². The van der Waals surface area contributed by atoms with Crippen molar-refractivity contribution in [3.8, 4) is 11.5 Å². The zero-order chi connectivity index (χ0) is 12.3. The van der Waals surface area contributed by atoms with Gasteiger partial charge in [0.05, 0.1) is 25.3 Å². The number of aliphatic hydroxyl groups excluding tert-OH is 1. The fraction of sp³-hybridized carbons (Fsp3) is 0.455. The van der Waals surface area contributed by atoms with Gasteiger partial charge in [0.25, 0.3) is 0 Å². The van der Waals surface area contributed by atoms with E-state index in [2.05, 4.69) is 0 Å². The average Bonchev–Trinajstić information content (AvgIpc) is 2.31. The van der Waals surface area contributed by atoms with Crippen LogP contribution in [0.3, 0.4) is 0 Å². The smallest absolute Gasteiger partial charge is 0.179 e. The summed E-state index contributed by atoms with van der Waals surface area (Å²) >= 11 is 6.13. The summed E-state index contributed by atoms with van der Waals surface area (Å²) in [4.78, 5) is 0. The highest BCUT2D eigenvalue weighted by atomic mass is 35.5. The molecular formula is C11H16ClNO3. The van der Waals surface area contributed by atoms with E-state index in [1.165, 1.54) is 14.2 Å². The second kappa shape index (κ2) is 5.39. The molecular weight excluding hydrogens is 230 g/mol. The van der Waals surface area contributed by atoms with Crippen LogP contribution in [0, 0.1) is 6.92 Å². The van der Waals surface area contributed by atoms with Gasteiger partial charge in [0.1, 0.15) is 0 Å². The maximum atomic E-state index is 9.74. The molecule has 16 heavy (non-hydrogen) atoms. The molecule has 0 fully saturated rings. The van der Waals surface area contributed by atoms with Gasteiger partial charge in [-0.25, -0.2) is 0 Å². The van der Waals surface area contributed by atoms with E-state index >= 15 is 0 Å². The maximum Gasteiger partial charge on any atom is 0.179 e.